The molecule has 3 heterocycles. The van der Waals surface area contributed by atoms with E-state index in [1.807, 2.05) is 17.4 Å². The highest BCUT2D eigenvalue weighted by Crippen LogP contribution is 2.28. The number of aromatic nitrogens is 2. The minimum Gasteiger partial charge on any atom is -0.477 e. The molecular formula is C11H7ClN2O2S. The van der Waals surface area contributed by atoms with Crippen LogP contribution in [0.25, 0.3) is 16.0 Å². The Morgan fingerprint density at radius 3 is 3.00 bits per heavy atom. The number of halogens is 1. The monoisotopic (exact) mass is 266 g/mol. The second-order valence-corrected chi connectivity index (χ2v) is 5.22. The summed E-state index contributed by atoms with van der Waals surface area (Å²) in [6.07, 6.45) is 1.75. The lowest BCUT2D eigenvalue weighted by Gasteiger charge is -1.99. The summed E-state index contributed by atoms with van der Waals surface area (Å²) in [6.45, 7) is 1.93. The van der Waals surface area contributed by atoms with Crippen LogP contribution in [0.5, 0.6) is 0 Å². The molecule has 3 aromatic rings. The van der Waals surface area contributed by atoms with Gasteiger partial charge >= 0.3 is 5.97 Å². The molecule has 0 unspecified atom stereocenters. The molecular weight excluding hydrogens is 260 g/mol. The van der Waals surface area contributed by atoms with Crippen molar-refractivity contribution in [1.29, 1.82) is 0 Å². The molecule has 0 radical (unpaired) electrons. The predicted octanol–water partition coefficient (Wildman–Crippen LogP) is 3.21. The van der Waals surface area contributed by atoms with E-state index in [-0.39, 0.29) is 4.88 Å². The van der Waals surface area contributed by atoms with E-state index < -0.39 is 5.97 Å². The molecule has 0 atom stereocenters. The van der Waals surface area contributed by atoms with Crippen molar-refractivity contribution in [1.82, 2.24) is 9.38 Å². The van der Waals surface area contributed by atoms with Crippen molar-refractivity contribution in [2.45, 2.75) is 6.92 Å². The number of aromatic carboxylic acids is 1. The van der Waals surface area contributed by atoms with Gasteiger partial charge < -0.3 is 5.11 Å². The molecule has 0 aliphatic carbocycles. The van der Waals surface area contributed by atoms with Crippen LogP contribution in [0.2, 0.25) is 5.02 Å². The van der Waals surface area contributed by atoms with E-state index in [4.69, 9.17) is 16.7 Å². The minimum atomic E-state index is -0.930. The van der Waals surface area contributed by atoms with Gasteiger partial charge in [-0.05, 0) is 24.6 Å². The Morgan fingerprint density at radius 2 is 2.29 bits per heavy atom. The average Bonchev–Trinajstić information content (AvgIpc) is 2.76. The third kappa shape index (κ3) is 1.50. The summed E-state index contributed by atoms with van der Waals surface area (Å²) in [5.41, 5.74) is 2.57. The topological polar surface area (TPSA) is 54.6 Å². The molecule has 6 heteroatoms. The first-order chi connectivity index (χ1) is 8.06. The summed E-state index contributed by atoms with van der Waals surface area (Å²) < 4.78 is 1.83. The van der Waals surface area contributed by atoms with Crippen molar-refractivity contribution in [3.05, 3.63) is 33.8 Å². The van der Waals surface area contributed by atoms with Gasteiger partial charge in [-0.25, -0.2) is 9.78 Å². The van der Waals surface area contributed by atoms with Crippen molar-refractivity contribution in [2.24, 2.45) is 0 Å². The molecule has 17 heavy (non-hydrogen) atoms. The summed E-state index contributed by atoms with van der Waals surface area (Å²) in [5, 5.41) is 9.54. The lowest BCUT2D eigenvalue weighted by atomic mass is 10.3. The molecule has 0 aromatic carbocycles. The zero-order chi connectivity index (χ0) is 12.2. The molecule has 0 amide bonds. The Hall–Kier alpha value is -1.59. The van der Waals surface area contributed by atoms with Crippen molar-refractivity contribution in [2.75, 3.05) is 0 Å². The number of carboxylic acid groups (broad SMARTS) is 1. The van der Waals surface area contributed by atoms with Crippen molar-refractivity contribution in [3.8, 4) is 0 Å². The maximum absolute atomic E-state index is 10.9. The Bertz CT molecular complexity index is 760. The molecule has 4 nitrogen and oxygen atoms in total. The smallest absolute Gasteiger partial charge is 0.346 e. The molecule has 0 aliphatic rings. The quantitative estimate of drug-likeness (QED) is 0.736. The van der Waals surface area contributed by atoms with Crippen molar-refractivity contribution < 1.29 is 9.90 Å². The second kappa shape index (κ2) is 3.45. The van der Waals surface area contributed by atoms with Gasteiger partial charge in [0, 0.05) is 6.20 Å². The van der Waals surface area contributed by atoms with Crippen LogP contribution in [-0.2, 0) is 0 Å². The number of aryl methyl sites for hydroxylation is 1. The third-order valence-corrected chi connectivity index (χ3v) is 3.77. The van der Waals surface area contributed by atoms with Gasteiger partial charge in [0.2, 0.25) is 0 Å². The van der Waals surface area contributed by atoms with Crippen LogP contribution in [0, 0.1) is 6.92 Å². The zero-order valence-electron chi connectivity index (χ0n) is 8.77. The van der Waals surface area contributed by atoms with Crippen molar-refractivity contribution in [3.63, 3.8) is 0 Å². The number of carbonyl (C=O) groups is 1. The van der Waals surface area contributed by atoms with E-state index in [1.54, 1.807) is 12.3 Å². The SMILES string of the molecule is Cc1cc(Cl)cn2c1nc1sc(C(=O)O)cc12. The maximum Gasteiger partial charge on any atom is 0.346 e. The summed E-state index contributed by atoms with van der Waals surface area (Å²) in [4.78, 5) is 16.3. The number of thiophene rings is 1. The number of pyridine rings is 1. The van der Waals surface area contributed by atoms with E-state index in [2.05, 4.69) is 4.98 Å². The molecule has 3 rings (SSSR count). The largest absolute Gasteiger partial charge is 0.477 e. The van der Waals surface area contributed by atoms with Crippen LogP contribution in [-0.4, -0.2) is 20.5 Å². The number of hydrogen-bond donors (Lipinski definition) is 1. The number of fused-ring (bicyclic) bond motifs is 3. The normalized spacial score (nSPS) is 11.4. The van der Waals surface area contributed by atoms with Crippen LogP contribution in [0.4, 0.5) is 0 Å². The van der Waals surface area contributed by atoms with Gasteiger partial charge in [-0.1, -0.05) is 11.6 Å². The number of nitrogens with zero attached hydrogens (tertiary/aromatic N) is 2. The second-order valence-electron chi connectivity index (χ2n) is 3.75. The van der Waals surface area contributed by atoms with Gasteiger partial charge in [0.25, 0.3) is 0 Å². The predicted molar refractivity (Wildman–Crippen MR) is 67.3 cm³/mol. The highest BCUT2D eigenvalue weighted by Gasteiger charge is 2.14. The lowest BCUT2D eigenvalue weighted by Crippen LogP contribution is -1.91. The van der Waals surface area contributed by atoms with Crippen LogP contribution >= 0.6 is 22.9 Å². The molecule has 0 aliphatic heterocycles. The molecule has 0 fully saturated rings. The first-order valence-electron chi connectivity index (χ1n) is 4.87. The first-order valence-corrected chi connectivity index (χ1v) is 6.07. The third-order valence-electron chi connectivity index (χ3n) is 2.56. The number of rotatable bonds is 1. The Morgan fingerprint density at radius 1 is 1.53 bits per heavy atom. The lowest BCUT2D eigenvalue weighted by molar-refractivity contribution is 0.0702. The van der Waals surface area contributed by atoms with Gasteiger partial charge in [-0.2, -0.15) is 0 Å². The van der Waals surface area contributed by atoms with E-state index in [9.17, 15) is 4.79 Å². The molecule has 1 N–H and O–H groups in total. The Balaban J connectivity index is 2.44. The molecule has 0 saturated heterocycles. The minimum absolute atomic E-state index is 0.287. The van der Waals surface area contributed by atoms with Crippen LogP contribution < -0.4 is 0 Å². The highest BCUT2D eigenvalue weighted by molar-refractivity contribution is 7.20. The summed E-state index contributed by atoms with van der Waals surface area (Å²) in [5.74, 6) is -0.930. The molecule has 0 bridgehead atoms. The van der Waals surface area contributed by atoms with E-state index in [1.165, 1.54) is 11.3 Å². The fourth-order valence-electron chi connectivity index (χ4n) is 1.83. The van der Waals surface area contributed by atoms with E-state index in [0.717, 1.165) is 16.7 Å². The average molecular weight is 267 g/mol. The summed E-state index contributed by atoms with van der Waals surface area (Å²) in [6, 6.07) is 3.46. The van der Waals surface area contributed by atoms with Crippen LogP contribution in [0.1, 0.15) is 15.2 Å². The highest BCUT2D eigenvalue weighted by atomic mass is 35.5. The molecule has 86 valence electrons. The number of imidazole rings is 1. The molecule has 0 spiro atoms. The van der Waals surface area contributed by atoms with Gasteiger partial charge in [0.1, 0.15) is 15.4 Å². The van der Waals surface area contributed by atoms with Gasteiger partial charge in [0.05, 0.1) is 10.5 Å². The Kier molecular flexibility index (Phi) is 2.14. The van der Waals surface area contributed by atoms with Gasteiger partial charge in [-0.3, -0.25) is 4.40 Å². The molecule has 3 aromatic heterocycles. The zero-order valence-corrected chi connectivity index (χ0v) is 10.3. The molecule has 0 saturated carbocycles. The van der Waals surface area contributed by atoms with Crippen LogP contribution in [0.3, 0.4) is 0 Å². The summed E-state index contributed by atoms with van der Waals surface area (Å²) in [7, 11) is 0. The van der Waals surface area contributed by atoms with Crippen LogP contribution in [0.15, 0.2) is 18.3 Å². The standard InChI is InChI=1S/C11H7ClN2O2S/c1-5-2-6(12)4-14-7-3-8(11(15)16)17-10(7)13-9(5)14/h2-4H,1H3,(H,15,16). The van der Waals surface area contributed by atoms with Crippen molar-refractivity contribution >= 4 is 44.9 Å². The van der Waals surface area contributed by atoms with E-state index >= 15 is 0 Å². The van der Waals surface area contributed by atoms with Gasteiger partial charge in [-0.15, -0.1) is 11.3 Å². The van der Waals surface area contributed by atoms with E-state index in [0.29, 0.717) is 9.85 Å². The maximum atomic E-state index is 10.9. The summed E-state index contributed by atoms with van der Waals surface area (Å²) >= 11 is 7.16. The number of carboxylic acids is 1. The van der Waals surface area contributed by atoms with Gasteiger partial charge in [0.15, 0.2) is 0 Å². The number of hydrogen-bond acceptors (Lipinski definition) is 3. The first kappa shape index (κ1) is 10.6. The Labute approximate surface area is 105 Å². The fraction of sp³-hybridized carbons (Fsp3) is 0.0909. The fourth-order valence-corrected chi connectivity index (χ4v) is 2.96.